The monoisotopic (exact) mass is 190 g/mol. The van der Waals surface area contributed by atoms with Crippen LogP contribution in [0.3, 0.4) is 0 Å². The summed E-state index contributed by atoms with van der Waals surface area (Å²) in [5.41, 5.74) is 0. The maximum absolute atomic E-state index is 11.4. The lowest BCUT2D eigenvalue weighted by atomic mass is 10.3. The second kappa shape index (κ2) is 3.65. The van der Waals surface area contributed by atoms with E-state index in [0.717, 1.165) is 12.4 Å². The molecule has 1 radical (unpaired) electrons. The molecule has 4 heteroatoms. The SMILES string of the molecule is [CH2]N1CCN(c2ccccn2)CC1=O. The fourth-order valence-corrected chi connectivity index (χ4v) is 1.44. The van der Waals surface area contributed by atoms with Gasteiger partial charge in [-0.1, -0.05) is 6.07 Å². The number of pyridine rings is 1. The van der Waals surface area contributed by atoms with Gasteiger partial charge < -0.3 is 9.80 Å². The normalized spacial score (nSPS) is 17.4. The standard InChI is InChI=1S/C10H12N3O/c1-12-6-7-13(8-10(12)14)9-4-2-3-5-11-9/h2-5H,1,6-8H2. The molecule has 2 heterocycles. The molecular formula is C10H12N3O. The first-order valence-corrected chi connectivity index (χ1v) is 4.54. The summed E-state index contributed by atoms with van der Waals surface area (Å²) in [6, 6.07) is 5.69. The number of carbonyl (C=O) groups excluding carboxylic acids is 1. The van der Waals surface area contributed by atoms with Crippen molar-refractivity contribution in [3.63, 3.8) is 0 Å². The molecule has 0 spiro atoms. The lowest BCUT2D eigenvalue weighted by Crippen LogP contribution is -2.47. The molecule has 1 amide bonds. The minimum Gasteiger partial charge on any atom is -0.346 e. The van der Waals surface area contributed by atoms with Gasteiger partial charge in [-0.3, -0.25) is 4.79 Å². The van der Waals surface area contributed by atoms with Crippen LogP contribution in [0.15, 0.2) is 24.4 Å². The molecule has 1 aromatic heterocycles. The predicted molar refractivity (Wildman–Crippen MR) is 53.5 cm³/mol. The Morgan fingerprint density at radius 2 is 2.21 bits per heavy atom. The molecule has 0 N–H and O–H groups in total. The Balaban J connectivity index is 2.11. The molecule has 1 saturated heterocycles. The minimum atomic E-state index is 0.0434. The fourth-order valence-electron chi connectivity index (χ4n) is 1.44. The Hall–Kier alpha value is -1.58. The van der Waals surface area contributed by atoms with Crippen molar-refractivity contribution in [1.82, 2.24) is 9.88 Å². The first kappa shape index (κ1) is 8.99. The van der Waals surface area contributed by atoms with Crippen LogP contribution < -0.4 is 4.90 Å². The predicted octanol–water partition coefficient (Wildman–Crippen LogP) is 0.522. The number of anilines is 1. The molecule has 0 saturated carbocycles. The first-order chi connectivity index (χ1) is 6.77. The van der Waals surface area contributed by atoms with E-state index in [0.29, 0.717) is 13.1 Å². The van der Waals surface area contributed by atoms with E-state index < -0.39 is 0 Å². The van der Waals surface area contributed by atoms with Gasteiger partial charge in [0.2, 0.25) is 5.91 Å². The molecule has 1 aliphatic heterocycles. The third-order valence-corrected chi connectivity index (χ3v) is 2.29. The average molecular weight is 190 g/mol. The van der Waals surface area contributed by atoms with Crippen molar-refractivity contribution in [2.24, 2.45) is 0 Å². The van der Waals surface area contributed by atoms with Crippen LogP contribution in [-0.2, 0) is 4.79 Å². The van der Waals surface area contributed by atoms with Crippen LogP contribution >= 0.6 is 0 Å². The zero-order valence-corrected chi connectivity index (χ0v) is 7.89. The summed E-state index contributed by atoms with van der Waals surface area (Å²) in [5, 5.41) is 0. The molecule has 4 nitrogen and oxygen atoms in total. The van der Waals surface area contributed by atoms with Gasteiger partial charge in [-0.25, -0.2) is 4.98 Å². The Morgan fingerprint density at radius 3 is 2.86 bits per heavy atom. The molecule has 0 aromatic carbocycles. The number of aromatic nitrogens is 1. The van der Waals surface area contributed by atoms with Crippen LogP contribution in [0.2, 0.25) is 0 Å². The highest BCUT2D eigenvalue weighted by atomic mass is 16.2. The van der Waals surface area contributed by atoms with Gasteiger partial charge in [0.05, 0.1) is 6.54 Å². The summed E-state index contributed by atoms with van der Waals surface area (Å²) in [5.74, 6) is 0.899. The van der Waals surface area contributed by atoms with Gasteiger partial charge in [0.1, 0.15) is 5.82 Å². The van der Waals surface area contributed by atoms with E-state index in [2.05, 4.69) is 12.0 Å². The van der Waals surface area contributed by atoms with E-state index in [1.54, 1.807) is 6.20 Å². The van der Waals surface area contributed by atoms with Crippen LogP contribution in [0.5, 0.6) is 0 Å². The van der Waals surface area contributed by atoms with Crippen molar-refractivity contribution in [2.45, 2.75) is 0 Å². The highest BCUT2D eigenvalue weighted by Crippen LogP contribution is 2.12. The van der Waals surface area contributed by atoms with Gasteiger partial charge in [0, 0.05) is 26.3 Å². The molecule has 1 aliphatic rings. The molecule has 0 aliphatic carbocycles. The number of amides is 1. The van der Waals surface area contributed by atoms with Crippen LogP contribution in [0, 0.1) is 7.05 Å². The number of hydrogen-bond acceptors (Lipinski definition) is 3. The topological polar surface area (TPSA) is 36.4 Å². The molecule has 0 bridgehead atoms. The second-order valence-electron chi connectivity index (χ2n) is 3.27. The molecule has 0 atom stereocenters. The summed E-state index contributed by atoms with van der Waals surface area (Å²) in [6.45, 7) is 1.84. The van der Waals surface area contributed by atoms with Crippen molar-refractivity contribution >= 4 is 11.7 Å². The molecule has 2 rings (SSSR count). The van der Waals surface area contributed by atoms with E-state index in [1.807, 2.05) is 23.1 Å². The van der Waals surface area contributed by atoms with Crippen LogP contribution in [-0.4, -0.2) is 35.4 Å². The number of piperazine rings is 1. The lowest BCUT2D eigenvalue weighted by Gasteiger charge is -2.32. The average Bonchev–Trinajstić information content (AvgIpc) is 2.23. The van der Waals surface area contributed by atoms with E-state index in [9.17, 15) is 4.79 Å². The Labute approximate surface area is 83.2 Å². The van der Waals surface area contributed by atoms with Crippen molar-refractivity contribution < 1.29 is 4.79 Å². The summed E-state index contributed by atoms with van der Waals surface area (Å²) < 4.78 is 0. The molecule has 1 aromatic rings. The van der Waals surface area contributed by atoms with Crippen molar-refractivity contribution in [2.75, 3.05) is 24.5 Å². The van der Waals surface area contributed by atoms with E-state index in [-0.39, 0.29) is 5.91 Å². The molecule has 14 heavy (non-hydrogen) atoms. The van der Waals surface area contributed by atoms with Crippen molar-refractivity contribution in [3.05, 3.63) is 31.4 Å². The summed E-state index contributed by atoms with van der Waals surface area (Å²) in [6.07, 6.45) is 1.73. The van der Waals surface area contributed by atoms with E-state index >= 15 is 0 Å². The first-order valence-electron chi connectivity index (χ1n) is 4.54. The quantitative estimate of drug-likeness (QED) is 0.648. The van der Waals surface area contributed by atoms with Gasteiger partial charge in [-0.15, -0.1) is 0 Å². The minimum absolute atomic E-state index is 0.0434. The highest BCUT2D eigenvalue weighted by molar-refractivity contribution is 5.82. The van der Waals surface area contributed by atoms with Gasteiger partial charge in [-0.05, 0) is 12.1 Å². The largest absolute Gasteiger partial charge is 0.346 e. The Kier molecular flexibility index (Phi) is 2.35. The van der Waals surface area contributed by atoms with E-state index in [4.69, 9.17) is 0 Å². The number of rotatable bonds is 1. The van der Waals surface area contributed by atoms with E-state index in [1.165, 1.54) is 4.90 Å². The summed E-state index contributed by atoms with van der Waals surface area (Å²) >= 11 is 0. The third-order valence-electron chi connectivity index (χ3n) is 2.29. The second-order valence-corrected chi connectivity index (χ2v) is 3.27. The molecule has 0 unspecified atom stereocenters. The van der Waals surface area contributed by atoms with Gasteiger partial charge in [0.15, 0.2) is 0 Å². The third kappa shape index (κ3) is 1.69. The highest BCUT2D eigenvalue weighted by Gasteiger charge is 2.21. The molecule has 1 fully saturated rings. The fraction of sp³-hybridized carbons (Fsp3) is 0.300. The summed E-state index contributed by atoms with van der Waals surface area (Å²) in [4.78, 5) is 19.0. The Morgan fingerprint density at radius 1 is 1.36 bits per heavy atom. The summed E-state index contributed by atoms with van der Waals surface area (Å²) in [7, 11) is 3.64. The molecular weight excluding hydrogens is 178 g/mol. The van der Waals surface area contributed by atoms with Crippen LogP contribution in [0.25, 0.3) is 0 Å². The number of hydrogen-bond donors (Lipinski definition) is 0. The smallest absolute Gasteiger partial charge is 0.242 e. The zero-order valence-electron chi connectivity index (χ0n) is 7.89. The van der Waals surface area contributed by atoms with Crippen molar-refractivity contribution in [1.29, 1.82) is 0 Å². The lowest BCUT2D eigenvalue weighted by molar-refractivity contribution is -0.128. The van der Waals surface area contributed by atoms with Crippen LogP contribution in [0.1, 0.15) is 0 Å². The Bertz CT molecular complexity index is 325. The molecule has 73 valence electrons. The number of nitrogens with zero attached hydrogens (tertiary/aromatic N) is 3. The van der Waals surface area contributed by atoms with Gasteiger partial charge in [0.25, 0.3) is 0 Å². The number of carbonyl (C=O) groups is 1. The van der Waals surface area contributed by atoms with Gasteiger partial charge in [-0.2, -0.15) is 0 Å². The zero-order chi connectivity index (χ0) is 9.97. The maximum Gasteiger partial charge on any atom is 0.242 e. The van der Waals surface area contributed by atoms with Crippen molar-refractivity contribution in [3.8, 4) is 0 Å². The maximum atomic E-state index is 11.4. The van der Waals surface area contributed by atoms with Crippen LogP contribution in [0.4, 0.5) is 5.82 Å². The van der Waals surface area contributed by atoms with Gasteiger partial charge >= 0.3 is 0 Å².